The van der Waals surface area contributed by atoms with Gasteiger partial charge in [-0.15, -0.1) is 0 Å². The molecule has 2 rings (SSSR count). The summed E-state index contributed by atoms with van der Waals surface area (Å²) >= 11 is 0. The van der Waals surface area contributed by atoms with Crippen molar-refractivity contribution < 1.29 is 19.1 Å². The summed E-state index contributed by atoms with van der Waals surface area (Å²) in [5.74, 6) is -3.06. The minimum atomic E-state index is -1.54. The van der Waals surface area contributed by atoms with Crippen LogP contribution in [0.4, 0.5) is 4.39 Å². The Hall–Kier alpha value is -2.17. The second-order valence-electron chi connectivity index (χ2n) is 3.42. The summed E-state index contributed by atoms with van der Waals surface area (Å²) in [7, 11) is 1.56. The van der Waals surface area contributed by atoms with Crippen LogP contribution < -0.4 is 0 Å². The van der Waals surface area contributed by atoms with Gasteiger partial charge in [-0.3, -0.25) is 4.79 Å². The molecule has 5 heteroatoms. The summed E-state index contributed by atoms with van der Waals surface area (Å²) in [6, 6.07) is 4.22. The summed E-state index contributed by atoms with van der Waals surface area (Å²) in [5.41, 5.74) is 0.233. The maximum Gasteiger partial charge on any atom is 0.377 e. The first-order chi connectivity index (χ1) is 7.52. The van der Waals surface area contributed by atoms with Gasteiger partial charge in [0, 0.05) is 18.6 Å². The maximum absolute atomic E-state index is 13.4. The zero-order valence-electron chi connectivity index (χ0n) is 8.40. The van der Waals surface area contributed by atoms with Crippen LogP contribution in [0.3, 0.4) is 0 Å². The van der Waals surface area contributed by atoms with Crippen molar-refractivity contribution in [3.05, 3.63) is 35.8 Å². The highest BCUT2D eigenvalue weighted by Gasteiger charge is 2.21. The number of carboxylic acids is 1. The Morgan fingerprint density at radius 2 is 2.06 bits per heavy atom. The zero-order valence-corrected chi connectivity index (χ0v) is 8.40. The summed E-state index contributed by atoms with van der Waals surface area (Å²) in [6.45, 7) is 0. The van der Waals surface area contributed by atoms with Gasteiger partial charge in [0.1, 0.15) is 5.82 Å². The first-order valence-corrected chi connectivity index (χ1v) is 4.53. The highest BCUT2D eigenvalue weighted by atomic mass is 19.1. The maximum atomic E-state index is 13.4. The summed E-state index contributed by atoms with van der Waals surface area (Å²) in [4.78, 5) is 21.9. The van der Waals surface area contributed by atoms with Crippen LogP contribution in [0.1, 0.15) is 10.4 Å². The lowest BCUT2D eigenvalue weighted by Gasteiger charge is -1.96. The molecule has 0 radical (unpaired) electrons. The molecule has 1 N–H and O–H groups in total. The number of carbonyl (C=O) groups excluding carboxylic acids is 1. The molecule has 1 aromatic heterocycles. The Bertz CT molecular complexity index is 601. The number of fused-ring (bicyclic) bond motifs is 1. The lowest BCUT2D eigenvalue weighted by molar-refractivity contribution is -0.131. The van der Waals surface area contributed by atoms with Crippen molar-refractivity contribution in [1.29, 1.82) is 0 Å². The molecule has 0 spiro atoms. The number of carboxylic acid groups (broad SMARTS) is 1. The van der Waals surface area contributed by atoms with E-state index >= 15 is 0 Å². The predicted octanol–water partition coefficient (Wildman–Crippen LogP) is 1.58. The Morgan fingerprint density at radius 3 is 2.69 bits per heavy atom. The number of para-hydroxylation sites is 1. The molecule has 1 heterocycles. The number of ketones is 1. The average Bonchev–Trinajstić information content (AvgIpc) is 2.56. The van der Waals surface area contributed by atoms with Gasteiger partial charge in [-0.25, -0.2) is 9.18 Å². The van der Waals surface area contributed by atoms with E-state index in [1.165, 1.54) is 29.0 Å². The van der Waals surface area contributed by atoms with Crippen molar-refractivity contribution in [3.63, 3.8) is 0 Å². The number of carbonyl (C=O) groups is 2. The van der Waals surface area contributed by atoms with E-state index in [1.54, 1.807) is 7.05 Å². The normalized spacial score (nSPS) is 10.6. The number of hydrogen-bond acceptors (Lipinski definition) is 2. The molecule has 0 bridgehead atoms. The van der Waals surface area contributed by atoms with Crippen molar-refractivity contribution in [2.24, 2.45) is 7.05 Å². The first-order valence-electron chi connectivity index (χ1n) is 4.53. The second kappa shape index (κ2) is 3.44. The predicted molar refractivity (Wildman–Crippen MR) is 54.8 cm³/mol. The van der Waals surface area contributed by atoms with Gasteiger partial charge in [0.05, 0.1) is 11.1 Å². The van der Waals surface area contributed by atoms with Gasteiger partial charge in [0.25, 0.3) is 5.78 Å². The van der Waals surface area contributed by atoms with Crippen LogP contribution in [0.25, 0.3) is 10.9 Å². The smallest absolute Gasteiger partial charge is 0.377 e. The molecule has 1 aromatic carbocycles. The highest BCUT2D eigenvalue weighted by molar-refractivity contribution is 6.42. The molecule has 0 unspecified atom stereocenters. The van der Waals surface area contributed by atoms with E-state index in [1.807, 2.05) is 0 Å². The van der Waals surface area contributed by atoms with Gasteiger partial charge in [-0.05, 0) is 6.07 Å². The van der Waals surface area contributed by atoms with Crippen LogP contribution in [-0.4, -0.2) is 21.4 Å². The Morgan fingerprint density at radius 1 is 1.38 bits per heavy atom. The van der Waals surface area contributed by atoms with Crippen molar-refractivity contribution >= 4 is 22.7 Å². The van der Waals surface area contributed by atoms with Crippen LogP contribution in [0.15, 0.2) is 24.4 Å². The molecule has 0 atom stereocenters. The lowest BCUT2D eigenvalue weighted by atomic mass is 10.1. The summed E-state index contributed by atoms with van der Waals surface area (Å²) < 4.78 is 14.8. The molecule has 0 saturated heterocycles. The fourth-order valence-electron chi connectivity index (χ4n) is 1.72. The van der Waals surface area contributed by atoms with Crippen molar-refractivity contribution in [3.8, 4) is 0 Å². The minimum Gasteiger partial charge on any atom is -0.475 e. The highest BCUT2D eigenvalue weighted by Crippen LogP contribution is 2.23. The van der Waals surface area contributed by atoms with Crippen LogP contribution in [0.2, 0.25) is 0 Å². The van der Waals surface area contributed by atoms with Gasteiger partial charge >= 0.3 is 5.97 Å². The number of nitrogens with zero attached hydrogens (tertiary/aromatic N) is 1. The van der Waals surface area contributed by atoms with Gasteiger partial charge in [-0.2, -0.15) is 0 Å². The molecule has 0 aliphatic rings. The molecule has 0 saturated carbocycles. The van der Waals surface area contributed by atoms with Gasteiger partial charge < -0.3 is 9.67 Å². The lowest BCUT2D eigenvalue weighted by Crippen LogP contribution is -2.12. The number of rotatable bonds is 2. The molecule has 0 aliphatic carbocycles. The monoisotopic (exact) mass is 221 g/mol. The van der Waals surface area contributed by atoms with Crippen LogP contribution >= 0.6 is 0 Å². The van der Waals surface area contributed by atoms with E-state index in [-0.39, 0.29) is 11.1 Å². The summed E-state index contributed by atoms with van der Waals surface area (Å²) in [5, 5.41) is 8.94. The SMILES string of the molecule is Cn1cc(C(=O)C(=O)O)c2cccc(F)c21. The second-order valence-corrected chi connectivity index (χ2v) is 3.42. The topological polar surface area (TPSA) is 59.3 Å². The van der Waals surface area contributed by atoms with E-state index in [0.717, 1.165) is 0 Å². The number of aliphatic carboxylic acids is 1. The van der Waals surface area contributed by atoms with E-state index in [2.05, 4.69) is 0 Å². The molecule has 2 aromatic rings. The zero-order chi connectivity index (χ0) is 11.9. The third-order valence-electron chi connectivity index (χ3n) is 2.39. The molecule has 16 heavy (non-hydrogen) atoms. The molecule has 0 amide bonds. The van der Waals surface area contributed by atoms with Crippen LogP contribution in [0, 0.1) is 5.82 Å². The summed E-state index contributed by atoms with van der Waals surface area (Å²) in [6.07, 6.45) is 1.32. The molecule has 0 aliphatic heterocycles. The van der Waals surface area contributed by atoms with Gasteiger partial charge in [-0.1, -0.05) is 12.1 Å². The minimum absolute atomic E-state index is 0.00417. The largest absolute Gasteiger partial charge is 0.475 e. The molecular weight excluding hydrogens is 213 g/mol. The molecule has 4 nitrogen and oxygen atoms in total. The number of halogens is 1. The Balaban J connectivity index is 2.79. The van der Waals surface area contributed by atoms with Gasteiger partial charge in [0.2, 0.25) is 0 Å². The Kier molecular flexibility index (Phi) is 2.23. The van der Waals surface area contributed by atoms with Crippen molar-refractivity contribution in [1.82, 2.24) is 4.57 Å². The fraction of sp³-hybridized carbons (Fsp3) is 0.0909. The third-order valence-corrected chi connectivity index (χ3v) is 2.39. The number of Topliss-reactive ketones (excluding diaryl/α,β-unsaturated/α-hetero) is 1. The van der Waals surface area contributed by atoms with Crippen LogP contribution in [-0.2, 0) is 11.8 Å². The van der Waals surface area contributed by atoms with E-state index < -0.39 is 17.6 Å². The van der Waals surface area contributed by atoms with E-state index in [0.29, 0.717) is 5.39 Å². The molecular formula is C11H8FNO3. The van der Waals surface area contributed by atoms with Crippen LogP contribution in [0.5, 0.6) is 0 Å². The Labute approximate surface area is 89.9 Å². The fourth-order valence-corrected chi connectivity index (χ4v) is 1.72. The average molecular weight is 221 g/mol. The third kappa shape index (κ3) is 1.37. The quantitative estimate of drug-likeness (QED) is 0.618. The number of benzene rings is 1. The van der Waals surface area contributed by atoms with Crippen molar-refractivity contribution in [2.75, 3.05) is 0 Å². The molecule has 0 fully saturated rings. The molecule has 82 valence electrons. The first kappa shape index (κ1) is 10.4. The number of aromatic nitrogens is 1. The number of aryl methyl sites for hydroxylation is 1. The van der Waals surface area contributed by atoms with Crippen molar-refractivity contribution in [2.45, 2.75) is 0 Å². The van der Waals surface area contributed by atoms with Gasteiger partial charge in [0.15, 0.2) is 0 Å². The van der Waals surface area contributed by atoms with E-state index in [4.69, 9.17) is 5.11 Å². The standard InChI is InChI=1S/C11H8FNO3/c1-13-5-7(10(14)11(15)16)6-3-2-4-8(12)9(6)13/h2-5H,1H3,(H,15,16). The number of hydrogen-bond donors (Lipinski definition) is 1. The van der Waals surface area contributed by atoms with E-state index in [9.17, 15) is 14.0 Å².